The van der Waals surface area contributed by atoms with Crippen molar-refractivity contribution in [2.45, 2.75) is 6.54 Å². The first-order valence-corrected chi connectivity index (χ1v) is 12.0. The molecule has 2 aliphatic rings. The molecule has 1 saturated heterocycles. The molecule has 2 aromatic carbocycles. The van der Waals surface area contributed by atoms with Gasteiger partial charge in [-0.05, 0) is 17.7 Å². The number of morpholine rings is 1. The molecule has 6 rings (SSSR count). The lowest BCUT2D eigenvalue weighted by atomic mass is 10.1. The maximum atomic E-state index is 5.53. The molecule has 0 unspecified atom stereocenters. The predicted octanol–water partition coefficient (Wildman–Crippen LogP) is 3.97. The van der Waals surface area contributed by atoms with Crippen molar-refractivity contribution >= 4 is 49.8 Å². The fraction of sp³-hybridized carbons (Fsp3) is 0.238. The summed E-state index contributed by atoms with van der Waals surface area (Å²) in [7, 11) is 0. The number of aromatic amines is 1. The standard InChI is InChI=1S/C21H19IN8O/c1-2-4-14(5-3-1)13-30-20-19(25-22-30)18(15-6-7-16-17(12-15)27-28-26-16)23-21(24-20)29-8-10-31-11-9-29/h1-7,12H,8-11,13H2,(H,26,27,28). The number of nitrogens with zero attached hydrogens (tertiary/aromatic N) is 7. The SMILES string of the molecule is c1ccc(CN2I=Nc3c(-c4ccc5n[nH]nc5c4)nc(N4CCOCC4)nc32)cc1. The zero-order chi connectivity index (χ0) is 20.6. The Morgan fingerprint density at radius 2 is 1.81 bits per heavy atom. The van der Waals surface area contributed by atoms with E-state index in [4.69, 9.17) is 17.8 Å². The van der Waals surface area contributed by atoms with Crippen LogP contribution in [-0.2, 0) is 11.3 Å². The van der Waals surface area contributed by atoms with Gasteiger partial charge in [0.1, 0.15) is 43.7 Å². The summed E-state index contributed by atoms with van der Waals surface area (Å²) in [6.07, 6.45) is 0. The molecule has 2 aliphatic heterocycles. The zero-order valence-electron chi connectivity index (χ0n) is 16.6. The van der Waals surface area contributed by atoms with Crippen LogP contribution in [-0.4, -0.2) is 51.7 Å². The van der Waals surface area contributed by atoms with Gasteiger partial charge >= 0.3 is 0 Å². The minimum atomic E-state index is -0.567. The van der Waals surface area contributed by atoms with Crippen molar-refractivity contribution in [3.8, 4) is 11.3 Å². The van der Waals surface area contributed by atoms with E-state index in [1.54, 1.807) is 0 Å². The van der Waals surface area contributed by atoms with E-state index in [-0.39, 0.29) is 0 Å². The number of fused-ring (bicyclic) bond motifs is 2. The lowest BCUT2D eigenvalue weighted by Gasteiger charge is -2.28. The van der Waals surface area contributed by atoms with Gasteiger partial charge in [0.05, 0.1) is 19.8 Å². The fourth-order valence-electron chi connectivity index (χ4n) is 3.74. The van der Waals surface area contributed by atoms with Crippen molar-refractivity contribution in [1.29, 1.82) is 0 Å². The predicted molar refractivity (Wildman–Crippen MR) is 127 cm³/mol. The minimum absolute atomic E-state index is 0.567. The Bertz CT molecular complexity index is 1270. The molecule has 1 fully saturated rings. The van der Waals surface area contributed by atoms with Gasteiger partial charge in [-0.2, -0.15) is 23.5 Å². The molecular weight excluding hydrogens is 507 g/mol. The number of rotatable bonds is 4. The Hall–Kier alpha value is -2.99. The molecule has 0 aliphatic carbocycles. The largest absolute Gasteiger partial charge is 0.378 e. The Labute approximate surface area is 189 Å². The van der Waals surface area contributed by atoms with Crippen LogP contribution in [0.4, 0.5) is 17.5 Å². The third kappa shape index (κ3) is 3.55. The van der Waals surface area contributed by atoms with Crippen LogP contribution < -0.4 is 8.01 Å². The highest BCUT2D eigenvalue weighted by molar-refractivity contribution is 14.2. The zero-order valence-corrected chi connectivity index (χ0v) is 18.7. The molecule has 0 saturated carbocycles. The van der Waals surface area contributed by atoms with Crippen LogP contribution in [0.15, 0.2) is 51.7 Å². The molecule has 0 spiro atoms. The van der Waals surface area contributed by atoms with Crippen molar-refractivity contribution < 1.29 is 4.74 Å². The quantitative estimate of drug-likeness (QED) is 0.318. The van der Waals surface area contributed by atoms with E-state index in [9.17, 15) is 0 Å². The fourth-order valence-corrected chi connectivity index (χ4v) is 5.74. The van der Waals surface area contributed by atoms with Gasteiger partial charge in [0.15, 0.2) is 5.82 Å². The highest BCUT2D eigenvalue weighted by atomic mass is 127. The van der Waals surface area contributed by atoms with Gasteiger partial charge in [-0.3, -0.25) is 3.11 Å². The van der Waals surface area contributed by atoms with E-state index in [2.05, 4.69) is 47.7 Å². The van der Waals surface area contributed by atoms with Gasteiger partial charge < -0.3 is 9.64 Å². The van der Waals surface area contributed by atoms with Crippen molar-refractivity contribution in [3.05, 3.63) is 54.1 Å². The molecule has 0 bridgehead atoms. The number of hydrogen-bond donors (Lipinski definition) is 1. The molecular formula is C21H19IN8O. The summed E-state index contributed by atoms with van der Waals surface area (Å²) in [6.45, 7) is 3.74. The maximum Gasteiger partial charge on any atom is 0.228 e. The van der Waals surface area contributed by atoms with E-state index in [0.29, 0.717) is 13.2 Å². The van der Waals surface area contributed by atoms with Gasteiger partial charge in [-0.15, -0.1) is 0 Å². The molecule has 4 heterocycles. The number of halogens is 1. The number of benzene rings is 2. The summed E-state index contributed by atoms with van der Waals surface area (Å²) < 4.78 is 12.8. The van der Waals surface area contributed by atoms with Crippen molar-refractivity contribution in [2.24, 2.45) is 3.15 Å². The molecule has 0 amide bonds. The van der Waals surface area contributed by atoms with E-state index < -0.39 is 21.3 Å². The molecule has 0 radical (unpaired) electrons. The summed E-state index contributed by atoms with van der Waals surface area (Å²) in [6, 6.07) is 16.5. The Balaban J connectivity index is 1.46. The van der Waals surface area contributed by atoms with Crippen LogP contribution >= 0.6 is 21.3 Å². The molecule has 2 aromatic heterocycles. The smallest absolute Gasteiger partial charge is 0.228 e. The Kier molecular flexibility index (Phi) is 4.80. The van der Waals surface area contributed by atoms with Crippen molar-refractivity contribution in [3.63, 3.8) is 0 Å². The first-order valence-electron chi connectivity index (χ1n) is 10.1. The molecule has 31 heavy (non-hydrogen) atoms. The maximum absolute atomic E-state index is 5.53. The third-order valence-electron chi connectivity index (χ3n) is 5.35. The summed E-state index contributed by atoms with van der Waals surface area (Å²) in [5.41, 5.74) is 5.60. The molecule has 9 nitrogen and oxygen atoms in total. The third-order valence-corrected chi connectivity index (χ3v) is 7.36. The molecule has 10 heteroatoms. The van der Waals surface area contributed by atoms with Crippen LogP contribution in [0.3, 0.4) is 0 Å². The normalized spacial score (nSPS) is 15.9. The average molecular weight is 526 g/mol. The van der Waals surface area contributed by atoms with Crippen LogP contribution in [0.1, 0.15) is 5.56 Å². The van der Waals surface area contributed by atoms with Crippen LogP contribution in [0.5, 0.6) is 0 Å². The van der Waals surface area contributed by atoms with E-state index in [1.807, 2.05) is 24.3 Å². The molecule has 1 N–H and O–H groups in total. The van der Waals surface area contributed by atoms with E-state index >= 15 is 0 Å². The highest BCUT2D eigenvalue weighted by Crippen LogP contribution is 2.47. The lowest BCUT2D eigenvalue weighted by Crippen LogP contribution is -2.37. The van der Waals surface area contributed by atoms with Crippen LogP contribution in [0.2, 0.25) is 0 Å². The van der Waals surface area contributed by atoms with Crippen molar-refractivity contribution in [1.82, 2.24) is 25.4 Å². The Morgan fingerprint density at radius 3 is 2.68 bits per heavy atom. The van der Waals surface area contributed by atoms with Crippen LogP contribution in [0.25, 0.3) is 22.3 Å². The number of ether oxygens (including phenoxy) is 1. The van der Waals surface area contributed by atoms with Gasteiger partial charge in [0.2, 0.25) is 5.95 Å². The van der Waals surface area contributed by atoms with Crippen molar-refractivity contribution in [2.75, 3.05) is 34.3 Å². The summed E-state index contributed by atoms with van der Waals surface area (Å²) in [4.78, 5) is 12.1. The topological polar surface area (TPSA) is 95.4 Å². The summed E-state index contributed by atoms with van der Waals surface area (Å²) in [5.74, 6) is 1.65. The number of aromatic nitrogens is 5. The first-order chi connectivity index (χ1) is 15.3. The second kappa shape index (κ2) is 7.93. The second-order valence-corrected chi connectivity index (χ2v) is 9.42. The van der Waals surface area contributed by atoms with Gasteiger partial charge in [-0.1, -0.05) is 36.4 Å². The minimum Gasteiger partial charge on any atom is -0.378 e. The first kappa shape index (κ1) is 18.8. The monoisotopic (exact) mass is 526 g/mol. The number of nitrogens with one attached hydrogen (secondary N) is 1. The van der Waals surface area contributed by atoms with E-state index in [0.717, 1.165) is 59.4 Å². The number of H-pyrrole nitrogens is 1. The molecule has 0 atom stereocenters. The summed E-state index contributed by atoms with van der Waals surface area (Å²) >= 11 is -0.567. The van der Waals surface area contributed by atoms with Gasteiger partial charge in [-0.25, -0.2) is 4.98 Å². The van der Waals surface area contributed by atoms with Gasteiger partial charge in [0.25, 0.3) is 0 Å². The van der Waals surface area contributed by atoms with Gasteiger partial charge in [0, 0.05) is 18.7 Å². The average Bonchev–Trinajstić information content (AvgIpc) is 3.46. The lowest BCUT2D eigenvalue weighted by molar-refractivity contribution is 0.122. The van der Waals surface area contributed by atoms with Crippen LogP contribution in [0, 0.1) is 0 Å². The number of hydrogen-bond acceptors (Lipinski definition) is 8. The summed E-state index contributed by atoms with van der Waals surface area (Å²) in [5, 5.41) is 11.1. The molecule has 156 valence electrons. The second-order valence-electron chi connectivity index (χ2n) is 7.34. The Morgan fingerprint density at radius 1 is 0.968 bits per heavy atom. The highest BCUT2D eigenvalue weighted by Gasteiger charge is 2.27. The van der Waals surface area contributed by atoms with E-state index in [1.165, 1.54) is 5.56 Å². The number of anilines is 2. The molecule has 4 aromatic rings.